The number of methoxy groups -OCH3 is 1. The lowest BCUT2D eigenvalue weighted by atomic mass is 9.93. The molecule has 1 aliphatic rings. The van der Waals surface area contributed by atoms with E-state index in [0.29, 0.717) is 6.10 Å². The van der Waals surface area contributed by atoms with Crippen LogP contribution >= 0.6 is 12.2 Å². The third-order valence-corrected chi connectivity index (χ3v) is 1.68. The lowest BCUT2D eigenvalue weighted by Crippen LogP contribution is -2.34. The number of hydrazone groups is 1. The number of thiocarbonyl (C=S) groups is 1. The molecular formula is C6H11N3OS. The van der Waals surface area contributed by atoms with Gasteiger partial charge in [0, 0.05) is 25.7 Å². The van der Waals surface area contributed by atoms with Gasteiger partial charge in [0.05, 0.1) is 6.10 Å². The Morgan fingerprint density at radius 3 is 2.91 bits per heavy atom. The Morgan fingerprint density at radius 2 is 2.45 bits per heavy atom. The van der Waals surface area contributed by atoms with Gasteiger partial charge >= 0.3 is 0 Å². The van der Waals surface area contributed by atoms with Crippen molar-refractivity contribution in [1.82, 2.24) is 5.43 Å². The second-order valence-electron chi connectivity index (χ2n) is 2.42. The molecule has 0 atom stereocenters. The molecule has 0 spiro atoms. The van der Waals surface area contributed by atoms with E-state index in [1.54, 1.807) is 7.11 Å². The number of hydrogen-bond acceptors (Lipinski definition) is 3. The maximum atomic E-state index is 5.17. The van der Waals surface area contributed by atoms with Crippen molar-refractivity contribution in [2.24, 2.45) is 10.8 Å². The van der Waals surface area contributed by atoms with Crippen molar-refractivity contribution in [3.8, 4) is 0 Å². The van der Waals surface area contributed by atoms with E-state index >= 15 is 0 Å². The summed E-state index contributed by atoms with van der Waals surface area (Å²) in [7, 11) is 1.70. The fraction of sp³-hybridized carbons (Fsp3) is 0.667. The Kier molecular flexibility index (Phi) is 2.78. The Balaban J connectivity index is 2.20. The molecule has 62 valence electrons. The summed E-state index contributed by atoms with van der Waals surface area (Å²) in [4.78, 5) is 0. The molecule has 5 heteroatoms. The molecule has 3 N–H and O–H groups in total. The number of nitrogens with one attached hydrogen (secondary N) is 1. The Morgan fingerprint density at radius 1 is 1.82 bits per heavy atom. The summed E-state index contributed by atoms with van der Waals surface area (Å²) in [5, 5.41) is 4.15. The fourth-order valence-corrected chi connectivity index (χ4v) is 0.904. The quantitative estimate of drug-likeness (QED) is 0.455. The zero-order valence-corrected chi connectivity index (χ0v) is 7.15. The zero-order chi connectivity index (χ0) is 8.27. The Labute approximate surface area is 70.8 Å². The highest BCUT2D eigenvalue weighted by Gasteiger charge is 2.24. The minimum Gasteiger partial charge on any atom is -0.381 e. The van der Waals surface area contributed by atoms with E-state index in [1.807, 2.05) is 0 Å². The Hall–Kier alpha value is -0.680. The van der Waals surface area contributed by atoms with Gasteiger partial charge in [0.15, 0.2) is 5.11 Å². The summed E-state index contributed by atoms with van der Waals surface area (Å²) in [5.41, 5.74) is 8.76. The van der Waals surface area contributed by atoms with Gasteiger partial charge in [-0.15, -0.1) is 0 Å². The summed E-state index contributed by atoms with van der Waals surface area (Å²) in [6, 6.07) is 0. The van der Waals surface area contributed by atoms with Gasteiger partial charge in [-0.05, 0) is 12.2 Å². The molecule has 1 fully saturated rings. The molecular weight excluding hydrogens is 162 g/mol. The van der Waals surface area contributed by atoms with Gasteiger partial charge in [-0.1, -0.05) is 0 Å². The van der Waals surface area contributed by atoms with E-state index in [4.69, 9.17) is 10.5 Å². The molecule has 0 aliphatic heterocycles. The summed E-state index contributed by atoms with van der Waals surface area (Å²) < 4.78 is 5.05. The smallest absolute Gasteiger partial charge is 0.184 e. The molecule has 1 rings (SSSR count). The van der Waals surface area contributed by atoms with Crippen molar-refractivity contribution in [3.63, 3.8) is 0 Å². The van der Waals surface area contributed by atoms with Crippen LogP contribution in [0.3, 0.4) is 0 Å². The van der Waals surface area contributed by atoms with Crippen LogP contribution in [-0.2, 0) is 4.74 Å². The average molecular weight is 173 g/mol. The van der Waals surface area contributed by atoms with Crippen LogP contribution < -0.4 is 11.2 Å². The van der Waals surface area contributed by atoms with E-state index in [9.17, 15) is 0 Å². The van der Waals surface area contributed by atoms with Gasteiger partial charge in [0.25, 0.3) is 0 Å². The van der Waals surface area contributed by atoms with Gasteiger partial charge in [-0.2, -0.15) is 5.10 Å². The summed E-state index contributed by atoms with van der Waals surface area (Å²) >= 11 is 4.57. The predicted octanol–water partition coefficient (Wildman–Crippen LogP) is -0.0156. The Bertz CT molecular complexity index is 184. The van der Waals surface area contributed by atoms with E-state index in [2.05, 4.69) is 22.7 Å². The van der Waals surface area contributed by atoms with Gasteiger partial charge in [0.1, 0.15) is 0 Å². The summed E-state index contributed by atoms with van der Waals surface area (Å²) in [5.74, 6) is 0. The average Bonchev–Trinajstić information content (AvgIpc) is 1.84. The van der Waals surface area contributed by atoms with Crippen LogP contribution in [0.1, 0.15) is 12.8 Å². The molecule has 4 nitrogen and oxygen atoms in total. The fourth-order valence-electron chi connectivity index (χ4n) is 0.858. The lowest BCUT2D eigenvalue weighted by Gasteiger charge is -2.25. The van der Waals surface area contributed by atoms with Crippen molar-refractivity contribution in [2.45, 2.75) is 18.9 Å². The van der Waals surface area contributed by atoms with Gasteiger partial charge in [-0.3, -0.25) is 5.43 Å². The van der Waals surface area contributed by atoms with Gasteiger partial charge in [0.2, 0.25) is 0 Å². The summed E-state index contributed by atoms with van der Waals surface area (Å²) in [6.45, 7) is 0. The number of nitrogens with two attached hydrogens (primary N) is 1. The third-order valence-electron chi connectivity index (χ3n) is 1.58. The van der Waals surface area contributed by atoms with Crippen LogP contribution in [0.15, 0.2) is 5.10 Å². The zero-order valence-electron chi connectivity index (χ0n) is 6.33. The molecule has 11 heavy (non-hydrogen) atoms. The molecule has 1 aliphatic carbocycles. The number of ether oxygens (including phenoxy) is 1. The van der Waals surface area contributed by atoms with Gasteiger partial charge in [-0.25, -0.2) is 0 Å². The number of nitrogens with zero attached hydrogens (tertiary/aromatic N) is 1. The maximum absolute atomic E-state index is 5.17. The number of hydrogen-bond donors (Lipinski definition) is 2. The van der Waals surface area contributed by atoms with Crippen molar-refractivity contribution in [2.75, 3.05) is 7.11 Å². The molecule has 0 unspecified atom stereocenters. The first-order valence-corrected chi connectivity index (χ1v) is 3.77. The van der Waals surface area contributed by atoms with E-state index < -0.39 is 0 Å². The van der Waals surface area contributed by atoms with Crippen LogP contribution in [0, 0.1) is 0 Å². The highest BCUT2D eigenvalue weighted by atomic mass is 32.1. The molecule has 0 heterocycles. The van der Waals surface area contributed by atoms with E-state index in [-0.39, 0.29) is 5.11 Å². The van der Waals surface area contributed by atoms with E-state index in [1.165, 1.54) is 0 Å². The standard InChI is InChI=1S/C6H11N3OS/c1-10-5-2-4(3-5)8-9-6(7)11/h5H,2-3H2,1H3,(H3,7,9,11). The molecule has 0 bridgehead atoms. The molecule has 0 aromatic rings. The first-order chi connectivity index (χ1) is 5.22. The molecule has 0 aromatic carbocycles. The van der Waals surface area contributed by atoms with Crippen LogP contribution in [0.4, 0.5) is 0 Å². The largest absolute Gasteiger partial charge is 0.381 e. The van der Waals surface area contributed by atoms with Crippen LogP contribution in [0.2, 0.25) is 0 Å². The molecule has 0 saturated heterocycles. The predicted molar refractivity (Wildman–Crippen MR) is 47.4 cm³/mol. The minimum absolute atomic E-state index is 0.207. The third kappa shape index (κ3) is 2.44. The maximum Gasteiger partial charge on any atom is 0.184 e. The monoisotopic (exact) mass is 173 g/mol. The van der Waals surface area contributed by atoms with E-state index in [0.717, 1.165) is 18.6 Å². The van der Waals surface area contributed by atoms with Crippen molar-refractivity contribution in [3.05, 3.63) is 0 Å². The summed E-state index contributed by atoms with van der Waals surface area (Å²) in [6.07, 6.45) is 2.10. The van der Waals surface area contributed by atoms with Crippen molar-refractivity contribution in [1.29, 1.82) is 0 Å². The second-order valence-corrected chi connectivity index (χ2v) is 2.86. The lowest BCUT2D eigenvalue weighted by molar-refractivity contribution is 0.0947. The van der Waals surface area contributed by atoms with Crippen molar-refractivity contribution >= 4 is 23.0 Å². The molecule has 1 saturated carbocycles. The first kappa shape index (κ1) is 8.42. The normalized spacial score (nSPS) is 22.3. The second kappa shape index (κ2) is 3.64. The molecule has 0 amide bonds. The SMILES string of the molecule is COC1CC(=NNC(N)=S)C1. The van der Waals surface area contributed by atoms with Crippen LogP contribution in [-0.4, -0.2) is 24.0 Å². The highest BCUT2D eigenvalue weighted by molar-refractivity contribution is 7.80. The highest BCUT2D eigenvalue weighted by Crippen LogP contribution is 2.18. The first-order valence-electron chi connectivity index (χ1n) is 3.36. The number of rotatable bonds is 2. The molecule has 0 aromatic heterocycles. The molecule has 0 radical (unpaired) electrons. The minimum atomic E-state index is 0.207. The van der Waals surface area contributed by atoms with Gasteiger partial charge < -0.3 is 10.5 Å². The van der Waals surface area contributed by atoms with Crippen LogP contribution in [0.5, 0.6) is 0 Å². The van der Waals surface area contributed by atoms with Crippen molar-refractivity contribution < 1.29 is 4.74 Å². The topological polar surface area (TPSA) is 59.6 Å². The van der Waals surface area contributed by atoms with Crippen LogP contribution in [0.25, 0.3) is 0 Å².